The summed E-state index contributed by atoms with van der Waals surface area (Å²) in [7, 11) is 0. The maximum Gasteiger partial charge on any atom is 0.0808 e. The average Bonchev–Trinajstić information content (AvgIpc) is 2.98. The topological polar surface area (TPSA) is 24.4 Å². The van der Waals surface area contributed by atoms with E-state index in [1.54, 1.807) is 6.21 Å². The van der Waals surface area contributed by atoms with E-state index >= 15 is 0 Å². The van der Waals surface area contributed by atoms with E-state index in [4.69, 9.17) is 0 Å². The molecule has 0 bridgehead atoms. The van der Waals surface area contributed by atoms with Crippen LogP contribution in [-0.2, 0) is 12.8 Å². The van der Waals surface area contributed by atoms with Crippen molar-refractivity contribution in [2.24, 2.45) is 10.9 Å². The van der Waals surface area contributed by atoms with Crippen molar-refractivity contribution in [3.8, 4) is 0 Å². The first-order valence-electron chi connectivity index (χ1n) is 15.0. The van der Waals surface area contributed by atoms with E-state index in [0.29, 0.717) is 5.92 Å². The molecule has 2 nitrogen and oxygen atoms in total. The molecule has 0 aromatic heterocycles. The van der Waals surface area contributed by atoms with Gasteiger partial charge in [0.25, 0.3) is 0 Å². The summed E-state index contributed by atoms with van der Waals surface area (Å²) < 4.78 is 0. The highest BCUT2D eigenvalue weighted by atomic mass is 15.0. The van der Waals surface area contributed by atoms with Gasteiger partial charge in [0, 0.05) is 18.2 Å². The van der Waals surface area contributed by atoms with E-state index in [-0.39, 0.29) is 6.04 Å². The third-order valence-corrected chi connectivity index (χ3v) is 7.16. The van der Waals surface area contributed by atoms with Crippen molar-refractivity contribution >= 4 is 12.3 Å². The standard InChI is InChI=1S/C28H36N2.C8H12.C2H6/c1-8-23-13-12-14-26(17-23)27(19-24-16-15-20(5)25(9-2)18-24)21(6)30-22(7)28(10-3)29-11-4;1-7-3-5-8(2)6-4-7;1-2/h9-18,21,27,30H,2,7-8,19H2,1,3-6H3;3-5,8H,6H2,1-2H3;1-2H3/b28-10-,29-11?;;/t21?,27-;;/m0../s1. The van der Waals surface area contributed by atoms with Crippen LogP contribution >= 0.6 is 0 Å². The lowest BCUT2D eigenvalue weighted by Crippen LogP contribution is -2.33. The highest BCUT2D eigenvalue weighted by Crippen LogP contribution is 2.28. The molecule has 0 saturated heterocycles. The Hall–Kier alpha value is -3.39. The summed E-state index contributed by atoms with van der Waals surface area (Å²) in [6.45, 7) is 27.1. The molecule has 2 unspecified atom stereocenters. The van der Waals surface area contributed by atoms with E-state index in [9.17, 15) is 0 Å². The molecule has 2 heteroatoms. The molecule has 3 rings (SSSR count). The third kappa shape index (κ3) is 11.4. The Balaban J connectivity index is 0.000000675. The Morgan fingerprint density at radius 2 is 1.82 bits per heavy atom. The molecule has 40 heavy (non-hydrogen) atoms. The van der Waals surface area contributed by atoms with Crippen LogP contribution in [0.1, 0.15) is 95.5 Å². The minimum absolute atomic E-state index is 0.195. The quantitative estimate of drug-likeness (QED) is 0.236. The predicted octanol–water partition coefficient (Wildman–Crippen LogP) is 10.6. The third-order valence-electron chi connectivity index (χ3n) is 7.16. The number of hydrogen-bond donors (Lipinski definition) is 1. The lowest BCUT2D eigenvalue weighted by Gasteiger charge is -2.28. The molecule has 1 aliphatic rings. The second-order valence-corrected chi connectivity index (χ2v) is 10.3. The van der Waals surface area contributed by atoms with Crippen molar-refractivity contribution in [3.05, 3.63) is 125 Å². The van der Waals surface area contributed by atoms with Gasteiger partial charge in [0.1, 0.15) is 0 Å². The Morgan fingerprint density at radius 1 is 1.10 bits per heavy atom. The Kier molecular flexibility index (Phi) is 16.3. The van der Waals surface area contributed by atoms with E-state index in [1.165, 1.54) is 39.8 Å². The van der Waals surface area contributed by atoms with Gasteiger partial charge < -0.3 is 5.32 Å². The second-order valence-electron chi connectivity index (χ2n) is 10.3. The van der Waals surface area contributed by atoms with Gasteiger partial charge in [-0.15, -0.1) is 0 Å². The van der Waals surface area contributed by atoms with Gasteiger partial charge in [0.2, 0.25) is 0 Å². The molecule has 0 radical (unpaired) electrons. The van der Waals surface area contributed by atoms with Crippen LogP contribution in [-0.4, -0.2) is 12.3 Å². The van der Waals surface area contributed by atoms with Gasteiger partial charge in [-0.25, -0.2) is 0 Å². The predicted molar refractivity (Wildman–Crippen MR) is 181 cm³/mol. The number of hydrogen-bond acceptors (Lipinski definition) is 2. The van der Waals surface area contributed by atoms with Crippen LogP contribution in [0.3, 0.4) is 0 Å². The molecule has 0 amide bonds. The zero-order chi connectivity index (χ0) is 30.1. The molecule has 0 heterocycles. The molecule has 0 saturated carbocycles. The molecule has 216 valence electrons. The zero-order valence-electron chi connectivity index (χ0n) is 26.7. The molecule has 3 atom stereocenters. The Bertz CT molecular complexity index is 1190. The highest BCUT2D eigenvalue weighted by Gasteiger charge is 2.21. The molecule has 0 spiro atoms. The first-order chi connectivity index (χ1) is 19.2. The Labute approximate surface area is 246 Å². The van der Waals surface area contributed by atoms with Crippen LogP contribution in [0.25, 0.3) is 6.08 Å². The van der Waals surface area contributed by atoms with Gasteiger partial charge in [-0.2, -0.15) is 0 Å². The Morgan fingerprint density at radius 3 is 2.38 bits per heavy atom. The minimum Gasteiger partial charge on any atom is -0.381 e. The summed E-state index contributed by atoms with van der Waals surface area (Å²) in [6.07, 6.45) is 15.7. The monoisotopic (exact) mass is 538 g/mol. The van der Waals surface area contributed by atoms with Crippen molar-refractivity contribution in [2.45, 2.75) is 93.5 Å². The van der Waals surface area contributed by atoms with Crippen LogP contribution in [0.15, 0.2) is 102 Å². The maximum absolute atomic E-state index is 4.43. The summed E-state index contributed by atoms with van der Waals surface area (Å²) in [4.78, 5) is 4.43. The first kappa shape index (κ1) is 34.6. The number of aliphatic imine (C=N–C) groups is 1. The van der Waals surface area contributed by atoms with Gasteiger partial charge in [0.05, 0.1) is 11.4 Å². The molecule has 2 aromatic carbocycles. The summed E-state index contributed by atoms with van der Waals surface area (Å²) in [6, 6.07) is 15.8. The summed E-state index contributed by atoms with van der Waals surface area (Å²) in [5.41, 5.74) is 9.64. The molecular formula is C38H54N2. The van der Waals surface area contributed by atoms with Crippen LogP contribution in [0, 0.1) is 12.8 Å². The number of nitrogens with one attached hydrogen (secondary N) is 1. The van der Waals surface area contributed by atoms with Crippen molar-refractivity contribution in [1.82, 2.24) is 5.32 Å². The van der Waals surface area contributed by atoms with Crippen molar-refractivity contribution in [1.29, 1.82) is 0 Å². The van der Waals surface area contributed by atoms with E-state index in [0.717, 1.165) is 30.2 Å². The van der Waals surface area contributed by atoms with Gasteiger partial charge in [-0.3, -0.25) is 4.99 Å². The molecule has 1 aliphatic carbocycles. The van der Waals surface area contributed by atoms with Gasteiger partial charge >= 0.3 is 0 Å². The number of aryl methyl sites for hydroxylation is 2. The fraction of sp³-hybridized carbons (Fsp3) is 0.395. The zero-order valence-corrected chi connectivity index (χ0v) is 26.7. The van der Waals surface area contributed by atoms with Crippen LogP contribution < -0.4 is 5.32 Å². The summed E-state index contributed by atoms with van der Waals surface area (Å²) in [5.74, 6) is 1.07. The molecule has 2 aromatic rings. The smallest absolute Gasteiger partial charge is 0.0808 e. The lowest BCUT2D eigenvalue weighted by atomic mass is 9.85. The van der Waals surface area contributed by atoms with E-state index < -0.39 is 0 Å². The SMILES string of the molecule is C=Cc1cc(C[C@H](c2cccc(CC)c2)C(C)NC(=C)/C(=C/C)N=CC)ccc1C.CC.CC1=CCC(C)C=C1. The fourth-order valence-electron chi connectivity index (χ4n) is 4.67. The van der Waals surface area contributed by atoms with Gasteiger partial charge in [-0.05, 0) is 87.6 Å². The molecule has 1 N–H and O–H groups in total. The maximum atomic E-state index is 4.43. The van der Waals surface area contributed by atoms with Crippen molar-refractivity contribution < 1.29 is 0 Å². The number of allylic oxidation sites excluding steroid dienone is 5. The number of rotatable bonds is 10. The average molecular weight is 539 g/mol. The summed E-state index contributed by atoms with van der Waals surface area (Å²) in [5, 5.41) is 3.62. The first-order valence-corrected chi connectivity index (χ1v) is 15.0. The molecule has 0 aliphatic heterocycles. The van der Waals surface area contributed by atoms with E-state index in [2.05, 4.69) is 119 Å². The van der Waals surface area contributed by atoms with Crippen LogP contribution in [0.5, 0.6) is 0 Å². The van der Waals surface area contributed by atoms with Crippen molar-refractivity contribution in [2.75, 3.05) is 0 Å². The fourth-order valence-corrected chi connectivity index (χ4v) is 4.67. The lowest BCUT2D eigenvalue weighted by molar-refractivity contribution is 0.496. The highest BCUT2D eigenvalue weighted by molar-refractivity contribution is 5.57. The largest absolute Gasteiger partial charge is 0.381 e. The molecular weight excluding hydrogens is 484 g/mol. The molecule has 0 fully saturated rings. The summed E-state index contributed by atoms with van der Waals surface area (Å²) >= 11 is 0. The minimum atomic E-state index is 0.195. The van der Waals surface area contributed by atoms with Crippen LogP contribution in [0.4, 0.5) is 0 Å². The van der Waals surface area contributed by atoms with Crippen LogP contribution in [0.2, 0.25) is 0 Å². The van der Waals surface area contributed by atoms with E-state index in [1.807, 2.05) is 39.8 Å². The van der Waals surface area contributed by atoms with Crippen molar-refractivity contribution in [3.63, 3.8) is 0 Å². The number of benzene rings is 2. The van der Waals surface area contributed by atoms with Gasteiger partial charge in [0.15, 0.2) is 0 Å². The number of nitrogens with zero attached hydrogens (tertiary/aromatic N) is 1. The second kappa shape index (κ2) is 18.8. The van der Waals surface area contributed by atoms with Gasteiger partial charge in [-0.1, -0.05) is 119 Å². The normalized spacial score (nSPS) is 16.1.